The number of aryl methyl sites for hydroxylation is 1. The van der Waals surface area contributed by atoms with Gasteiger partial charge in [-0.3, -0.25) is 14.4 Å². The Morgan fingerprint density at radius 3 is 2.62 bits per heavy atom. The van der Waals surface area contributed by atoms with E-state index in [1.165, 1.54) is 4.90 Å². The summed E-state index contributed by atoms with van der Waals surface area (Å²) in [6.45, 7) is 2.46. The molecule has 1 saturated heterocycles. The minimum absolute atomic E-state index is 0.171. The van der Waals surface area contributed by atoms with E-state index in [-0.39, 0.29) is 18.4 Å². The number of benzene rings is 2. The number of amides is 3. The van der Waals surface area contributed by atoms with Gasteiger partial charge in [-0.1, -0.05) is 38.0 Å². The molecule has 1 heterocycles. The monoisotopic (exact) mass is 437 g/mol. The predicted molar refractivity (Wildman–Crippen MR) is 122 cm³/mol. The van der Waals surface area contributed by atoms with E-state index in [0.29, 0.717) is 18.5 Å². The van der Waals surface area contributed by atoms with Crippen LogP contribution in [0.3, 0.4) is 0 Å². The number of primary amides is 1. The van der Waals surface area contributed by atoms with Crippen molar-refractivity contribution in [3.63, 3.8) is 0 Å². The quantitative estimate of drug-likeness (QED) is 0.556. The Morgan fingerprint density at radius 1 is 1.12 bits per heavy atom. The number of para-hydroxylation sites is 1. The maximum Gasteiger partial charge on any atom is 0.251 e. The minimum atomic E-state index is -0.584. The first-order valence-electron chi connectivity index (χ1n) is 11.2. The van der Waals surface area contributed by atoms with Crippen molar-refractivity contribution in [2.75, 3.05) is 13.1 Å². The van der Waals surface area contributed by atoms with E-state index in [2.05, 4.69) is 12.2 Å². The molecule has 0 radical (unpaired) electrons. The van der Waals surface area contributed by atoms with Crippen LogP contribution in [-0.4, -0.2) is 41.8 Å². The Labute approximate surface area is 188 Å². The summed E-state index contributed by atoms with van der Waals surface area (Å²) in [5.41, 5.74) is 6.80. The molecule has 3 amide bonds. The molecule has 0 spiro atoms. The van der Waals surface area contributed by atoms with Crippen molar-refractivity contribution >= 4 is 17.7 Å². The first-order valence-corrected chi connectivity index (χ1v) is 11.2. The van der Waals surface area contributed by atoms with Crippen molar-refractivity contribution in [3.8, 4) is 11.5 Å². The van der Waals surface area contributed by atoms with E-state index >= 15 is 0 Å². The molecule has 0 bridgehead atoms. The Kier molecular flexibility index (Phi) is 8.25. The molecule has 0 aromatic heterocycles. The second-order valence-electron chi connectivity index (χ2n) is 8.02. The highest BCUT2D eigenvalue weighted by molar-refractivity contribution is 5.97. The van der Waals surface area contributed by atoms with Crippen LogP contribution >= 0.6 is 0 Å². The van der Waals surface area contributed by atoms with Crippen LogP contribution in [0.2, 0.25) is 0 Å². The second kappa shape index (κ2) is 11.3. The number of rotatable bonds is 10. The van der Waals surface area contributed by atoms with Gasteiger partial charge in [0.2, 0.25) is 11.8 Å². The molecule has 2 aromatic carbocycles. The molecule has 3 N–H and O–H groups in total. The lowest BCUT2D eigenvalue weighted by Gasteiger charge is -2.22. The summed E-state index contributed by atoms with van der Waals surface area (Å²) in [6.07, 6.45) is 5.28. The summed E-state index contributed by atoms with van der Waals surface area (Å²) in [5.74, 6) is 0.318. The van der Waals surface area contributed by atoms with E-state index in [1.54, 1.807) is 12.1 Å². The Hall–Kier alpha value is -3.35. The molecule has 1 aliphatic heterocycles. The zero-order valence-electron chi connectivity index (χ0n) is 18.5. The van der Waals surface area contributed by atoms with Gasteiger partial charge in [0, 0.05) is 12.1 Å². The van der Waals surface area contributed by atoms with Crippen molar-refractivity contribution in [2.45, 2.75) is 51.5 Å². The van der Waals surface area contributed by atoms with Crippen LogP contribution in [0.25, 0.3) is 0 Å². The summed E-state index contributed by atoms with van der Waals surface area (Å²) in [4.78, 5) is 38.2. The third-order valence-electron chi connectivity index (χ3n) is 5.65. The minimum Gasteiger partial charge on any atom is -0.457 e. The smallest absolute Gasteiger partial charge is 0.251 e. The van der Waals surface area contributed by atoms with Crippen LogP contribution in [0, 0.1) is 0 Å². The van der Waals surface area contributed by atoms with Crippen LogP contribution in [0.5, 0.6) is 11.5 Å². The number of nitrogens with two attached hydrogens (primary N) is 1. The van der Waals surface area contributed by atoms with Gasteiger partial charge in [0.05, 0.1) is 6.54 Å². The number of nitrogens with one attached hydrogen (secondary N) is 1. The molecule has 2 aromatic rings. The highest BCUT2D eigenvalue weighted by atomic mass is 16.5. The number of unbranched alkanes of at least 4 members (excludes halogenated alkanes) is 2. The maximum atomic E-state index is 12.7. The molecule has 32 heavy (non-hydrogen) atoms. The van der Waals surface area contributed by atoms with E-state index in [9.17, 15) is 14.4 Å². The summed E-state index contributed by atoms with van der Waals surface area (Å²) in [5, 5.41) is 2.68. The second-order valence-corrected chi connectivity index (χ2v) is 8.02. The molecule has 1 unspecified atom stereocenters. The van der Waals surface area contributed by atoms with Crippen LogP contribution in [-0.2, 0) is 16.0 Å². The summed E-state index contributed by atoms with van der Waals surface area (Å²) in [7, 11) is 0. The SMILES string of the molecule is CCCCCc1cc(C(=O)NCC(=O)N2CCCC2C(N)=O)ccc1Oc1ccccc1. The van der Waals surface area contributed by atoms with Gasteiger partial charge < -0.3 is 20.7 Å². The number of carbonyl (C=O) groups is 3. The molecule has 3 rings (SSSR count). The van der Waals surface area contributed by atoms with Crippen LogP contribution in [0.1, 0.15) is 54.9 Å². The number of hydrogen-bond acceptors (Lipinski definition) is 4. The first-order chi connectivity index (χ1) is 15.5. The highest BCUT2D eigenvalue weighted by Crippen LogP contribution is 2.28. The fourth-order valence-corrected chi connectivity index (χ4v) is 3.92. The third-order valence-corrected chi connectivity index (χ3v) is 5.65. The van der Waals surface area contributed by atoms with Gasteiger partial charge in [0.15, 0.2) is 0 Å². The van der Waals surface area contributed by atoms with Gasteiger partial charge in [0.1, 0.15) is 17.5 Å². The normalized spacial score (nSPS) is 15.4. The molecule has 170 valence electrons. The average molecular weight is 438 g/mol. The molecule has 0 saturated carbocycles. The van der Waals surface area contributed by atoms with Crippen LogP contribution in [0.15, 0.2) is 48.5 Å². The number of likely N-dealkylation sites (tertiary alicyclic amines) is 1. The number of ether oxygens (including phenoxy) is 1. The van der Waals surface area contributed by atoms with Gasteiger partial charge in [-0.15, -0.1) is 0 Å². The van der Waals surface area contributed by atoms with Gasteiger partial charge in [-0.25, -0.2) is 0 Å². The van der Waals surface area contributed by atoms with E-state index in [4.69, 9.17) is 10.5 Å². The van der Waals surface area contributed by atoms with E-state index in [0.717, 1.165) is 49.2 Å². The predicted octanol–water partition coefficient (Wildman–Crippen LogP) is 3.42. The Bertz CT molecular complexity index is 945. The lowest BCUT2D eigenvalue weighted by atomic mass is 10.0. The summed E-state index contributed by atoms with van der Waals surface area (Å²) in [6, 6.07) is 14.3. The molecular formula is C25H31N3O4. The molecule has 0 aliphatic carbocycles. The molecule has 1 fully saturated rings. The van der Waals surface area contributed by atoms with Gasteiger partial charge in [0.25, 0.3) is 5.91 Å². The lowest BCUT2D eigenvalue weighted by Crippen LogP contribution is -2.47. The van der Waals surface area contributed by atoms with Gasteiger partial charge >= 0.3 is 0 Å². The van der Waals surface area contributed by atoms with E-state index < -0.39 is 11.9 Å². The van der Waals surface area contributed by atoms with Crippen LogP contribution in [0.4, 0.5) is 0 Å². The van der Waals surface area contributed by atoms with Crippen LogP contribution < -0.4 is 15.8 Å². The molecule has 7 heteroatoms. The number of carbonyl (C=O) groups excluding carboxylic acids is 3. The fourth-order valence-electron chi connectivity index (χ4n) is 3.92. The zero-order chi connectivity index (χ0) is 22.9. The maximum absolute atomic E-state index is 12.7. The molecule has 7 nitrogen and oxygen atoms in total. The molecule has 1 atom stereocenters. The largest absolute Gasteiger partial charge is 0.457 e. The van der Waals surface area contributed by atoms with E-state index in [1.807, 2.05) is 36.4 Å². The van der Waals surface area contributed by atoms with Gasteiger partial charge in [-0.2, -0.15) is 0 Å². The third kappa shape index (κ3) is 6.09. The standard InChI is InChI=1S/C25H31N3O4/c1-2-3-5-9-18-16-19(13-14-22(18)32-20-10-6-4-7-11-20)25(31)27-17-23(29)28-15-8-12-21(28)24(26)30/h4,6-7,10-11,13-14,16,21H,2-3,5,8-9,12,15,17H2,1H3,(H2,26,30)(H,27,31). The summed E-state index contributed by atoms with van der Waals surface area (Å²) < 4.78 is 6.04. The molecule has 1 aliphatic rings. The van der Waals surface area contributed by atoms with Crippen molar-refractivity contribution in [1.29, 1.82) is 0 Å². The topological polar surface area (TPSA) is 102 Å². The lowest BCUT2D eigenvalue weighted by molar-refractivity contribution is -0.136. The fraction of sp³-hybridized carbons (Fsp3) is 0.400. The van der Waals surface area contributed by atoms with Gasteiger partial charge in [-0.05, 0) is 61.6 Å². The van der Waals surface area contributed by atoms with Crippen molar-refractivity contribution in [3.05, 3.63) is 59.7 Å². The zero-order valence-corrected chi connectivity index (χ0v) is 18.5. The van der Waals surface area contributed by atoms with Crippen molar-refractivity contribution < 1.29 is 19.1 Å². The van der Waals surface area contributed by atoms with Crippen molar-refractivity contribution in [1.82, 2.24) is 10.2 Å². The Morgan fingerprint density at radius 2 is 1.91 bits per heavy atom. The highest BCUT2D eigenvalue weighted by Gasteiger charge is 2.32. The number of hydrogen-bond donors (Lipinski definition) is 2. The van der Waals surface area contributed by atoms with Crippen molar-refractivity contribution in [2.24, 2.45) is 5.73 Å². The molecular weight excluding hydrogens is 406 g/mol. The first kappa shape index (κ1) is 23.3. The summed E-state index contributed by atoms with van der Waals surface area (Å²) >= 11 is 0. The number of nitrogens with zero attached hydrogens (tertiary/aromatic N) is 1. The Balaban J connectivity index is 1.67. The average Bonchev–Trinajstić information content (AvgIpc) is 3.30.